The quantitative estimate of drug-likeness (QED) is 0.541. The van der Waals surface area contributed by atoms with Crippen LogP contribution in [-0.4, -0.2) is 52.8 Å². The number of hydrogen-bond donors (Lipinski definition) is 3. The molecule has 6 rings (SSSR count). The zero-order valence-corrected chi connectivity index (χ0v) is 17.4. The monoisotopic (exact) mass is 449 g/mol. The number of morpholine rings is 1. The number of anilines is 6. The molecule has 5 heterocycles. The molecule has 3 aliphatic heterocycles. The van der Waals surface area contributed by atoms with Crippen molar-refractivity contribution < 1.29 is 18.7 Å². The van der Waals surface area contributed by atoms with Crippen molar-refractivity contribution in [2.45, 2.75) is 18.6 Å². The third-order valence-corrected chi connectivity index (χ3v) is 5.82. The van der Waals surface area contributed by atoms with E-state index in [0.29, 0.717) is 23.7 Å². The molecule has 0 radical (unpaired) electrons. The number of carbonyl (C=O) groups excluding carboxylic acids is 1. The van der Waals surface area contributed by atoms with Crippen LogP contribution in [0, 0.1) is 5.82 Å². The van der Waals surface area contributed by atoms with Gasteiger partial charge in [-0.25, -0.2) is 14.4 Å². The van der Waals surface area contributed by atoms with E-state index >= 15 is 0 Å². The summed E-state index contributed by atoms with van der Waals surface area (Å²) in [4.78, 5) is 26.4. The van der Waals surface area contributed by atoms with E-state index in [1.807, 2.05) is 24.3 Å². The highest BCUT2D eigenvalue weighted by molar-refractivity contribution is 5.94. The Balaban J connectivity index is 1.17. The number of amides is 1. The minimum absolute atomic E-state index is 0.0484. The van der Waals surface area contributed by atoms with E-state index < -0.39 is 5.82 Å². The van der Waals surface area contributed by atoms with E-state index in [-0.39, 0.29) is 30.1 Å². The molecule has 2 aromatic heterocycles. The van der Waals surface area contributed by atoms with Gasteiger partial charge in [-0.2, -0.15) is 4.98 Å². The van der Waals surface area contributed by atoms with Crippen molar-refractivity contribution in [1.29, 1.82) is 0 Å². The summed E-state index contributed by atoms with van der Waals surface area (Å²) in [5, 5.41) is 8.53. The minimum atomic E-state index is -0.637. The summed E-state index contributed by atoms with van der Waals surface area (Å²) >= 11 is 0. The van der Waals surface area contributed by atoms with Gasteiger partial charge in [-0.05, 0) is 42.8 Å². The summed E-state index contributed by atoms with van der Waals surface area (Å²) in [5.41, 5.74) is 1.93. The van der Waals surface area contributed by atoms with Gasteiger partial charge in [-0.1, -0.05) is 0 Å². The van der Waals surface area contributed by atoms with Gasteiger partial charge in [0.2, 0.25) is 5.95 Å². The van der Waals surface area contributed by atoms with Gasteiger partial charge >= 0.3 is 0 Å². The molecule has 2 atom stereocenters. The van der Waals surface area contributed by atoms with Crippen LogP contribution in [0.15, 0.2) is 42.6 Å². The molecule has 2 bridgehead atoms. The van der Waals surface area contributed by atoms with Crippen LogP contribution in [0.3, 0.4) is 0 Å². The van der Waals surface area contributed by atoms with Crippen LogP contribution in [-0.2, 0) is 9.53 Å². The number of rotatable bonds is 5. The predicted octanol–water partition coefficient (Wildman–Crippen LogP) is 2.81. The van der Waals surface area contributed by atoms with Gasteiger partial charge in [-0.3, -0.25) is 4.79 Å². The normalized spacial score (nSPS) is 20.8. The van der Waals surface area contributed by atoms with Crippen LogP contribution < -0.4 is 25.6 Å². The molecule has 2 saturated heterocycles. The smallest absolute Gasteiger partial charge is 0.263 e. The van der Waals surface area contributed by atoms with Gasteiger partial charge in [0.1, 0.15) is 5.82 Å². The molecule has 3 N–H and O–H groups in total. The van der Waals surface area contributed by atoms with Crippen LogP contribution in [0.2, 0.25) is 0 Å². The van der Waals surface area contributed by atoms with Gasteiger partial charge in [0.15, 0.2) is 29.8 Å². The van der Waals surface area contributed by atoms with E-state index in [9.17, 15) is 9.18 Å². The van der Waals surface area contributed by atoms with E-state index in [4.69, 9.17) is 9.47 Å². The number of fused-ring (bicyclic) bond motifs is 3. The summed E-state index contributed by atoms with van der Waals surface area (Å²) in [6.45, 7) is 1.63. The van der Waals surface area contributed by atoms with E-state index in [1.54, 1.807) is 12.1 Å². The second-order valence-corrected chi connectivity index (χ2v) is 8.06. The average Bonchev–Trinajstić information content (AvgIpc) is 3.45. The van der Waals surface area contributed by atoms with Crippen LogP contribution in [0.25, 0.3) is 0 Å². The fraction of sp³-hybridized carbons (Fsp3) is 0.273. The van der Waals surface area contributed by atoms with Crippen molar-refractivity contribution in [3.05, 3.63) is 48.4 Å². The van der Waals surface area contributed by atoms with Crippen LogP contribution in [0.5, 0.6) is 5.75 Å². The highest BCUT2D eigenvalue weighted by atomic mass is 19.1. The molecule has 0 spiro atoms. The Labute approximate surface area is 188 Å². The molecule has 0 aliphatic carbocycles. The van der Waals surface area contributed by atoms with Gasteiger partial charge in [-0.15, -0.1) is 0 Å². The molecule has 10 nitrogen and oxygen atoms in total. The zero-order valence-electron chi connectivity index (χ0n) is 17.4. The minimum Gasteiger partial charge on any atom is -0.480 e. The van der Waals surface area contributed by atoms with Crippen molar-refractivity contribution in [2.75, 3.05) is 40.6 Å². The Morgan fingerprint density at radius 1 is 1.12 bits per heavy atom. The maximum Gasteiger partial charge on any atom is 0.263 e. The van der Waals surface area contributed by atoms with E-state index in [1.165, 1.54) is 0 Å². The number of carbonyl (C=O) groups is 1. The molecule has 1 aromatic carbocycles. The molecule has 2 unspecified atom stereocenters. The second kappa shape index (κ2) is 7.85. The van der Waals surface area contributed by atoms with Crippen molar-refractivity contribution in [3.8, 4) is 5.75 Å². The fourth-order valence-electron chi connectivity index (χ4n) is 4.25. The molecule has 168 valence electrons. The Kier molecular flexibility index (Phi) is 4.68. The highest BCUT2D eigenvalue weighted by Crippen LogP contribution is 2.33. The number of nitrogens with zero attached hydrogens (tertiary/aromatic N) is 4. The number of nitrogens with one attached hydrogen (secondary N) is 3. The van der Waals surface area contributed by atoms with Crippen LogP contribution in [0.1, 0.15) is 6.42 Å². The number of benzene rings is 1. The average molecular weight is 449 g/mol. The maximum absolute atomic E-state index is 14.3. The topological polar surface area (TPSA) is 114 Å². The largest absolute Gasteiger partial charge is 0.480 e. The molecule has 3 aliphatic rings. The molecule has 1 amide bonds. The van der Waals surface area contributed by atoms with Crippen molar-refractivity contribution >= 4 is 40.7 Å². The lowest BCUT2D eigenvalue weighted by Gasteiger charge is -2.29. The number of pyridine rings is 1. The molecule has 3 aromatic rings. The van der Waals surface area contributed by atoms with Gasteiger partial charge in [0, 0.05) is 17.9 Å². The number of halogens is 1. The van der Waals surface area contributed by atoms with Gasteiger partial charge in [0.05, 0.1) is 24.9 Å². The first-order valence-corrected chi connectivity index (χ1v) is 10.6. The number of hydrogen-bond acceptors (Lipinski definition) is 9. The Hall–Kier alpha value is -3.99. The molecule has 2 fully saturated rings. The first-order chi connectivity index (χ1) is 16.1. The third-order valence-electron chi connectivity index (χ3n) is 5.82. The van der Waals surface area contributed by atoms with E-state index in [0.717, 1.165) is 37.1 Å². The van der Waals surface area contributed by atoms with E-state index in [2.05, 4.69) is 35.8 Å². The summed E-state index contributed by atoms with van der Waals surface area (Å²) < 4.78 is 25.3. The van der Waals surface area contributed by atoms with Crippen LogP contribution >= 0.6 is 0 Å². The zero-order chi connectivity index (χ0) is 22.4. The van der Waals surface area contributed by atoms with Crippen molar-refractivity contribution in [1.82, 2.24) is 15.0 Å². The maximum atomic E-state index is 14.3. The Morgan fingerprint density at radius 2 is 2.00 bits per heavy atom. The fourth-order valence-corrected chi connectivity index (χ4v) is 4.25. The predicted molar refractivity (Wildman–Crippen MR) is 119 cm³/mol. The summed E-state index contributed by atoms with van der Waals surface area (Å²) in [6, 6.07) is 11.7. The Morgan fingerprint density at radius 3 is 2.79 bits per heavy atom. The SMILES string of the molecule is O=C1COc2ccc(Nc3nc(Nc4ccc(N5CC6CC5CO6)cc4)ncc3F)nc2N1. The molecular weight excluding hydrogens is 429 g/mol. The summed E-state index contributed by atoms with van der Waals surface area (Å²) in [7, 11) is 0. The lowest BCUT2D eigenvalue weighted by molar-refractivity contribution is -0.118. The lowest BCUT2D eigenvalue weighted by atomic mass is 10.2. The molecule has 0 saturated carbocycles. The van der Waals surface area contributed by atoms with Crippen molar-refractivity contribution in [3.63, 3.8) is 0 Å². The van der Waals surface area contributed by atoms with Gasteiger partial charge in [0.25, 0.3) is 5.91 Å². The van der Waals surface area contributed by atoms with Crippen LogP contribution in [0.4, 0.5) is 39.2 Å². The number of aromatic nitrogens is 3. The van der Waals surface area contributed by atoms with Gasteiger partial charge < -0.3 is 30.3 Å². The highest BCUT2D eigenvalue weighted by Gasteiger charge is 2.38. The molecule has 11 heteroatoms. The van der Waals surface area contributed by atoms with Crippen molar-refractivity contribution in [2.24, 2.45) is 0 Å². The number of ether oxygens (including phenoxy) is 2. The second-order valence-electron chi connectivity index (χ2n) is 8.06. The third kappa shape index (κ3) is 3.87. The standard InChI is InChI=1S/C22H20FN7O3/c23-16-8-24-22(25-12-1-3-13(4-2-12)30-9-15-7-14(30)10-32-15)29-20(16)26-18-6-5-17-21(27-18)28-19(31)11-33-17/h1-6,8,14-15H,7,9-11H2,(H3,24,25,26,27,28,29,31). The summed E-state index contributed by atoms with van der Waals surface area (Å²) in [5.74, 6) is 0.259. The Bertz CT molecular complexity index is 1220. The first kappa shape index (κ1) is 19.7. The molecular formula is C22H20FN7O3. The molecule has 33 heavy (non-hydrogen) atoms. The first-order valence-electron chi connectivity index (χ1n) is 10.6. The lowest BCUT2D eigenvalue weighted by Crippen LogP contribution is -2.36. The summed E-state index contributed by atoms with van der Waals surface area (Å²) in [6.07, 6.45) is 2.49.